The molecule has 1 unspecified atom stereocenters. The predicted molar refractivity (Wildman–Crippen MR) is 77.0 cm³/mol. The van der Waals surface area contributed by atoms with Crippen molar-refractivity contribution in [3.63, 3.8) is 0 Å². The summed E-state index contributed by atoms with van der Waals surface area (Å²) in [7, 11) is 1.98. The fraction of sp³-hybridized carbons (Fsp3) is 0.750. The number of nitrogens with one attached hydrogen (secondary N) is 1. The van der Waals surface area contributed by atoms with Crippen molar-refractivity contribution in [3.8, 4) is 0 Å². The number of halogens is 1. The third-order valence-electron chi connectivity index (χ3n) is 2.59. The molecule has 0 fully saturated rings. The van der Waals surface area contributed by atoms with Crippen LogP contribution in [-0.4, -0.2) is 28.3 Å². The van der Waals surface area contributed by atoms with Gasteiger partial charge in [-0.15, -0.1) is 0 Å². The molecule has 0 radical (unpaired) electrons. The summed E-state index contributed by atoms with van der Waals surface area (Å²) in [4.78, 5) is 0. The van der Waals surface area contributed by atoms with E-state index in [1.165, 1.54) is 12.2 Å². The van der Waals surface area contributed by atoms with E-state index in [-0.39, 0.29) is 6.04 Å². The second kappa shape index (κ2) is 7.29. The Balaban J connectivity index is 2.82. The lowest BCUT2D eigenvalue weighted by Gasteiger charge is -2.20. The van der Waals surface area contributed by atoms with Crippen LogP contribution in [0.2, 0.25) is 5.02 Å². The van der Waals surface area contributed by atoms with Crippen molar-refractivity contribution in [3.05, 3.63) is 16.9 Å². The summed E-state index contributed by atoms with van der Waals surface area (Å²) in [5.41, 5.74) is 1.10. The van der Waals surface area contributed by atoms with Gasteiger partial charge in [0.05, 0.1) is 23.0 Å². The third-order valence-corrected chi connectivity index (χ3v) is 4.14. The monoisotopic (exact) mass is 275 g/mol. The van der Waals surface area contributed by atoms with Crippen molar-refractivity contribution in [2.75, 3.05) is 18.6 Å². The molecule has 0 bridgehead atoms. The van der Waals surface area contributed by atoms with Gasteiger partial charge in [0.15, 0.2) is 0 Å². The Morgan fingerprint density at radius 1 is 1.53 bits per heavy atom. The van der Waals surface area contributed by atoms with Crippen molar-refractivity contribution in [1.29, 1.82) is 0 Å². The van der Waals surface area contributed by atoms with E-state index in [1.54, 1.807) is 6.20 Å². The standard InChI is InChI=1S/C12H22ClN3S/c1-5-6-17-8-11(14-4)12-10(13)7-15-16(12)9(2)3/h7,9,11,14H,5-6,8H2,1-4H3. The molecule has 0 aliphatic rings. The summed E-state index contributed by atoms with van der Waals surface area (Å²) >= 11 is 8.19. The largest absolute Gasteiger partial charge is 0.311 e. The molecule has 1 heterocycles. The van der Waals surface area contributed by atoms with Crippen LogP contribution in [-0.2, 0) is 0 Å². The second-order valence-electron chi connectivity index (χ2n) is 4.33. The average molecular weight is 276 g/mol. The van der Waals surface area contributed by atoms with Gasteiger partial charge in [-0.2, -0.15) is 16.9 Å². The normalized spacial score (nSPS) is 13.3. The maximum atomic E-state index is 6.24. The Hall–Kier alpha value is -0.190. The van der Waals surface area contributed by atoms with Gasteiger partial charge in [-0.05, 0) is 33.1 Å². The molecule has 0 aliphatic carbocycles. The zero-order chi connectivity index (χ0) is 12.8. The first kappa shape index (κ1) is 14.9. The van der Waals surface area contributed by atoms with Crippen LogP contribution in [0.15, 0.2) is 6.20 Å². The lowest BCUT2D eigenvalue weighted by atomic mass is 10.2. The zero-order valence-corrected chi connectivity index (χ0v) is 12.6. The lowest BCUT2D eigenvalue weighted by Crippen LogP contribution is -2.23. The fourth-order valence-corrected chi connectivity index (χ4v) is 3.01. The van der Waals surface area contributed by atoms with Gasteiger partial charge in [-0.25, -0.2) is 0 Å². The van der Waals surface area contributed by atoms with Gasteiger partial charge < -0.3 is 5.32 Å². The summed E-state index contributed by atoms with van der Waals surface area (Å²) in [6.45, 7) is 6.45. The van der Waals surface area contributed by atoms with Crippen LogP contribution in [0, 0.1) is 0 Å². The average Bonchev–Trinajstić information content (AvgIpc) is 2.67. The minimum atomic E-state index is 0.268. The molecule has 0 aromatic carbocycles. The molecule has 0 amide bonds. The Kier molecular flexibility index (Phi) is 6.38. The van der Waals surface area contributed by atoms with E-state index < -0.39 is 0 Å². The molecule has 0 saturated carbocycles. The van der Waals surface area contributed by atoms with Gasteiger partial charge in [0.25, 0.3) is 0 Å². The van der Waals surface area contributed by atoms with E-state index >= 15 is 0 Å². The van der Waals surface area contributed by atoms with E-state index in [0.717, 1.165) is 16.5 Å². The Morgan fingerprint density at radius 3 is 2.76 bits per heavy atom. The second-order valence-corrected chi connectivity index (χ2v) is 5.89. The molecular weight excluding hydrogens is 254 g/mol. The number of aromatic nitrogens is 2. The first-order valence-corrected chi connectivity index (χ1v) is 7.63. The van der Waals surface area contributed by atoms with Gasteiger partial charge in [-0.3, -0.25) is 4.68 Å². The Morgan fingerprint density at radius 2 is 2.24 bits per heavy atom. The van der Waals surface area contributed by atoms with Crippen molar-refractivity contribution in [1.82, 2.24) is 15.1 Å². The van der Waals surface area contributed by atoms with Crippen molar-refractivity contribution < 1.29 is 0 Å². The zero-order valence-electron chi connectivity index (χ0n) is 11.0. The highest BCUT2D eigenvalue weighted by atomic mass is 35.5. The maximum Gasteiger partial charge on any atom is 0.0834 e. The van der Waals surface area contributed by atoms with Crippen molar-refractivity contribution in [2.45, 2.75) is 39.3 Å². The summed E-state index contributed by atoms with van der Waals surface area (Å²) in [6.07, 6.45) is 2.95. The minimum absolute atomic E-state index is 0.268. The van der Waals surface area contributed by atoms with E-state index in [2.05, 4.69) is 31.2 Å². The van der Waals surface area contributed by atoms with Crippen LogP contribution in [0.5, 0.6) is 0 Å². The maximum absolute atomic E-state index is 6.24. The van der Waals surface area contributed by atoms with Gasteiger partial charge in [0, 0.05) is 11.8 Å². The molecule has 1 rings (SSSR count). The quantitative estimate of drug-likeness (QED) is 0.772. The predicted octanol–water partition coefficient (Wildman–Crippen LogP) is 3.52. The highest BCUT2D eigenvalue weighted by molar-refractivity contribution is 7.99. The van der Waals surface area contributed by atoms with E-state index in [1.807, 2.05) is 23.5 Å². The molecule has 1 aromatic rings. The van der Waals surface area contributed by atoms with Gasteiger partial charge in [0.2, 0.25) is 0 Å². The van der Waals surface area contributed by atoms with Crippen LogP contribution in [0.3, 0.4) is 0 Å². The Labute approximate surface area is 113 Å². The van der Waals surface area contributed by atoms with E-state index in [4.69, 9.17) is 11.6 Å². The SMILES string of the molecule is CCCSCC(NC)c1c(Cl)cnn1C(C)C. The molecule has 0 saturated heterocycles. The molecule has 1 atom stereocenters. The molecule has 0 spiro atoms. The summed E-state index contributed by atoms with van der Waals surface area (Å²) in [5, 5.41) is 8.44. The number of nitrogens with zero attached hydrogens (tertiary/aromatic N) is 2. The summed E-state index contributed by atoms with van der Waals surface area (Å²) in [5.74, 6) is 2.22. The first-order valence-electron chi connectivity index (χ1n) is 6.09. The molecule has 0 aliphatic heterocycles. The molecule has 98 valence electrons. The van der Waals surface area contributed by atoms with Crippen LogP contribution in [0.1, 0.15) is 45.0 Å². The highest BCUT2D eigenvalue weighted by Gasteiger charge is 2.20. The number of rotatable bonds is 7. The third kappa shape index (κ3) is 3.90. The summed E-state index contributed by atoms with van der Waals surface area (Å²) < 4.78 is 2.01. The molecular formula is C12H22ClN3S. The number of thioether (sulfide) groups is 1. The topological polar surface area (TPSA) is 29.9 Å². The smallest absolute Gasteiger partial charge is 0.0834 e. The Bertz CT molecular complexity index is 338. The minimum Gasteiger partial charge on any atom is -0.311 e. The molecule has 1 N–H and O–H groups in total. The van der Waals surface area contributed by atoms with Gasteiger partial charge >= 0.3 is 0 Å². The van der Waals surface area contributed by atoms with Crippen molar-refractivity contribution in [2.24, 2.45) is 0 Å². The molecule has 17 heavy (non-hydrogen) atoms. The van der Waals surface area contributed by atoms with Crippen LogP contribution < -0.4 is 5.32 Å². The highest BCUT2D eigenvalue weighted by Crippen LogP contribution is 2.27. The number of hydrogen-bond donors (Lipinski definition) is 1. The molecule has 5 heteroatoms. The van der Waals surface area contributed by atoms with Crippen molar-refractivity contribution >= 4 is 23.4 Å². The molecule has 3 nitrogen and oxygen atoms in total. The fourth-order valence-electron chi connectivity index (χ4n) is 1.73. The van der Waals surface area contributed by atoms with Gasteiger partial charge in [-0.1, -0.05) is 18.5 Å². The number of hydrogen-bond acceptors (Lipinski definition) is 3. The first-order chi connectivity index (χ1) is 8.11. The molecule has 1 aromatic heterocycles. The lowest BCUT2D eigenvalue weighted by molar-refractivity contribution is 0.477. The van der Waals surface area contributed by atoms with Crippen LogP contribution in [0.25, 0.3) is 0 Å². The van der Waals surface area contributed by atoms with Crippen LogP contribution >= 0.6 is 23.4 Å². The van der Waals surface area contributed by atoms with Crippen LogP contribution in [0.4, 0.5) is 0 Å². The van der Waals surface area contributed by atoms with E-state index in [0.29, 0.717) is 6.04 Å². The van der Waals surface area contributed by atoms with E-state index in [9.17, 15) is 0 Å². The summed E-state index contributed by atoms with van der Waals surface area (Å²) in [6, 6.07) is 0.605. The van der Waals surface area contributed by atoms with Gasteiger partial charge in [0.1, 0.15) is 0 Å².